The highest BCUT2D eigenvalue weighted by molar-refractivity contribution is 14.1. The zero-order valence-corrected chi connectivity index (χ0v) is 13.6. The maximum Gasteiger partial charge on any atom is 0.252 e. The Hall–Kier alpha value is -1.82. The lowest BCUT2D eigenvalue weighted by atomic mass is 10.1. The summed E-state index contributed by atoms with van der Waals surface area (Å²) in [7, 11) is 0. The number of hydrogen-bond donors (Lipinski definition) is 1. The molecule has 0 aliphatic carbocycles. The molecule has 106 valence electrons. The highest BCUT2D eigenvalue weighted by Crippen LogP contribution is 2.24. The van der Waals surface area contributed by atoms with Gasteiger partial charge in [0.1, 0.15) is 11.3 Å². The molecule has 1 N–H and O–H groups in total. The summed E-state index contributed by atoms with van der Waals surface area (Å²) in [5.74, 6) is 0.670. The van der Waals surface area contributed by atoms with Crippen molar-refractivity contribution in [1.82, 2.24) is 5.32 Å². The number of furan rings is 1. The van der Waals surface area contributed by atoms with Gasteiger partial charge in [-0.25, -0.2) is 0 Å². The van der Waals surface area contributed by atoms with Gasteiger partial charge in [0.15, 0.2) is 0 Å². The zero-order valence-electron chi connectivity index (χ0n) is 11.5. The smallest absolute Gasteiger partial charge is 0.252 e. The first-order valence-corrected chi connectivity index (χ1v) is 7.77. The molecule has 3 aromatic rings. The third kappa shape index (κ3) is 2.95. The largest absolute Gasteiger partial charge is 0.459 e. The van der Waals surface area contributed by atoms with Gasteiger partial charge >= 0.3 is 0 Å². The molecule has 0 aliphatic heterocycles. The zero-order chi connectivity index (χ0) is 14.8. The van der Waals surface area contributed by atoms with Gasteiger partial charge < -0.3 is 9.73 Å². The molecule has 1 amide bonds. The van der Waals surface area contributed by atoms with E-state index in [-0.39, 0.29) is 11.9 Å². The first-order valence-electron chi connectivity index (χ1n) is 6.69. The molecule has 0 saturated heterocycles. The van der Waals surface area contributed by atoms with Crippen LogP contribution >= 0.6 is 22.6 Å². The van der Waals surface area contributed by atoms with Crippen molar-refractivity contribution < 1.29 is 9.21 Å². The van der Waals surface area contributed by atoms with Crippen molar-refractivity contribution in [2.75, 3.05) is 0 Å². The number of amides is 1. The highest BCUT2D eigenvalue weighted by atomic mass is 127. The maximum atomic E-state index is 12.3. The summed E-state index contributed by atoms with van der Waals surface area (Å²) in [6, 6.07) is 17.1. The van der Waals surface area contributed by atoms with Gasteiger partial charge in [-0.1, -0.05) is 30.3 Å². The Labute approximate surface area is 136 Å². The number of fused-ring (bicyclic) bond motifs is 1. The quantitative estimate of drug-likeness (QED) is 0.667. The molecule has 0 saturated carbocycles. The van der Waals surface area contributed by atoms with Crippen molar-refractivity contribution >= 4 is 39.5 Å². The fraction of sp³-hybridized carbons (Fsp3) is 0.118. The molecule has 21 heavy (non-hydrogen) atoms. The summed E-state index contributed by atoms with van der Waals surface area (Å²) in [6.07, 6.45) is 0. The second-order valence-corrected chi connectivity index (χ2v) is 6.02. The lowest BCUT2D eigenvalue weighted by Gasteiger charge is -2.12. The van der Waals surface area contributed by atoms with E-state index in [0.29, 0.717) is 5.56 Å². The first-order chi connectivity index (χ1) is 10.1. The van der Waals surface area contributed by atoms with Crippen LogP contribution in [0.4, 0.5) is 0 Å². The summed E-state index contributed by atoms with van der Waals surface area (Å²) in [5.41, 5.74) is 1.52. The van der Waals surface area contributed by atoms with Crippen LogP contribution in [0.3, 0.4) is 0 Å². The number of rotatable bonds is 3. The van der Waals surface area contributed by atoms with Gasteiger partial charge in [0.2, 0.25) is 0 Å². The average molecular weight is 391 g/mol. The van der Waals surface area contributed by atoms with Gasteiger partial charge in [0.05, 0.1) is 11.6 Å². The van der Waals surface area contributed by atoms with Gasteiger partial charge in [0.25, 0.3) is 5.91 Å². The molecular weight excluding hydrogens is 377 g/mol. The van der Waals surface area contributed by atoms with Crippen LogP contribution in [0.1, 0.15) is 29.1 Å². The van der Waals surface area contributed by atoms with Crippen molar-refractivity contribution in [2.45, 2.75) is 13.0 Å². The third-order valence-corrected chi connectivity index (χ3v) is 4.28. The van der Waals surface area contributed by atoms with E-state index in [1.807, 2.05) is 61.5 Å². The maximum absolute atomic E-state index is 12.3. The van der Waals surface area contributed by atoms with Gasteiger partial charge in [-0.2, -0.15) is 0 Å². The van der Waals surface area contributed by atoms with Gasteiger partial charge in [-0.05, 0) is 53.8 Å². The Balaban J connectivity index is 1.81. The molecule has 0 bridgehead atoms. The van der Waals surface area contributed by atoms with E-state index in [2.05, 4.69) is 27.9 Å². The molecule has 0 unspecified atom stereocenters. The summed E-state index contributed by atoms with van der Waals surface area (Å²) >= 11 is 2.16. The van der Waals surface area contributed by atoms with Gasteiger partial charge in [0, 0.05) is 8.96 Å². The van der Waals surface area contributed by atoms with Crippen molar-refractivity contribution in [3.63, 3.8) is 0 Å². The van der Waals surface area contributed by atoms with Crippen molar-refractivity contribution in [1.29, 1.82) is 0 Å². The Morgan fingerprint density at radius 1 is 1.14 bits per heavy atom. The Kier molecular flexibility index (Phi) is 3.96. The predicted octanol–water partition coefficient (Wildman–Crippen LogP) is 4.53. The monoisotopic (exact) mass is 391 g/mol. The SMILES string of the molecule is C[C@H](NC(=O)c1ccccc1I)c1cc2ccccc2o1. The summed E-state index contributed by atoms with van der Waals surface area (Å²) in [5, 5.41) is 4.02. The Morgan fingerprint density at radius 2 is 1.86 bits per heavy atom. The molecule has 0 fully saturated rings. The number of hydrogen-bond acceptors (Lipinski definition) is 2. The molecule has 3 rings (SSSR count). The van der Waals surface area contributed by atoms with Crippen LogP contribution in [0.5, 0.6) is 0 Å². The van der Waals surface area contributed by atoms with Gasteiger partial charge in [-0.15, -0.1) is 0 Å². The molecule has 1 aromatic heterocycles. The van der Waals surface area contributed by atoms with Crippen molar-refractivity contribution in [3.8, 4) is 0 Å². The summed E-state index contributed by atoms with van der Waals surface area (Å²) in [4.78, 5) is 12.3. The lowest BCUT2D eigenvalue weighted by Crippen LogP contribution is -2.27. The van der Waals surface area contributed by atoms with Crippen LogP contribution in [0, 0.1) is 3.57 Å². The molecule has 0 radical (unpaired) electrons. The molecule has 2 aromatic carbocycles. The third-order valence-electron chi connectivity index (χ3n) is 3.34. The van der Waals surface area contributed by atoms with E-state index in [9.17, 15) is 4.79 Å². The topological polar surface area (TPSA) is 42.2 Å². The second-order valence-electron chi connectivity index (χ2n) is 4.86. The number of benzene rings is 2. The normalized spacial score (nSPS) is 12.3. The van der Waals surface area contributed by atoms with E-state index in [4.69, 9.17) is 4.42 Å². The molecule has 0 spiro atoms. The minimum atomic E-state index is -0.180. The van der Waals surface area contributed by atoms with Crippen molar-refractivity contribution in [3.05, 3.63) is 69.5 Å². The van der Waals surface area contributed by atoms with E-state index >= 15 is 0 Å². The van der Waals surface area contributed by atoms with Crippen LogP contribution in [-0.2, 0) is 0 Å². The minimum absolute atomic E-state index is 0.0899. The number of carbonyl (C=O) groups excluding carboxylic acids is 1. The highest BCUT2D eigenvalue weighted by Gasteiger charge is 2.16. The number of para-hydroxylation sites is 1. The summed E-state index contributed by atoms with van der Waals surface area (Å²) in [6.45, 7) is 1.92. The summed E-state index contributed by atoms with van der Waals surface area (Å²) < 4.78 is 6.71. The van der Waals surface area contributed by atoms with E-state index in [1.54, 1.807) is 0 Å². The van der Waals surface area contributed by atoms with Crippen LogP contribution in [0.25, 0.3) is 11.0 Å². The van der Waals surface area contributed by atoms with Crippen LogP contribution in [0.15, 0.2) is 59.0 Å². The number of nitrogens with one attached hydrogen (secondary N) is 1. The molecule has 1 heterocycles. The van der Waals surface area contributed by atoms with Crippen molar-refractivity contribution in [2.24, 2.45) is 0 Å². The molecule has 0 aliphatic rings. The number of carbonyl (C=O) groups is 1. The molecular formula is C17H14INO2. The molecule has 3 nitrogen and oxygen atoms in total. The minimum Gasteiger partial charge on any atom is -0.459 e. The first kappa shape index (κ1) is 14.1. The second kappa shape index (κ2) is 5.89. The molecule has 4 heteroatoms. The fourth-order valence-electron chi connectivity index (χ4n) is 2.21. The van der Waals surface area contributed by atoms with Gasteiger partial charge in [-0.3, -0.25) is 4.79 Å². The standard InChI is InChI=1S/C17H14INO2/c1-11(16-10-12-6-2-5-9-15(12)21-16)19-17(20)13-7-3-4-8-14(13)18/h2-11H,1H3,(H,19,20)/t11-/m0/s1. The van der Waals surface area contributed by atoms with E-state index < -0.39 is 0 Å². The Bertz CT molecular complexity index is 761. The van der Waals surface area contributed by atoms with Crippen LogP contribution in [-0.4, -0.2) is 5.91 Å². The van der Waals surface area contributed by atoms with E-state index in [0.717, 1.165) is 20.3 Å². The van der Waals surface area contributed by atoms with Crippen LogP contribution < -0.4 is 5.32 Å². The fourth-order valence-corrected chi connectivity index (χ4v) is 2.84. The Morgan fingerprint density at radius 3 is 2.62 bits per heavy atom. The predicted molar refractivity (Wildman–Crippen MR) is 91.3 cm³/mol. The van der Waals surface area contributed by atoms with Crippen LogP contribution in [0.2, 0.25) is 0 Å². The number of halogens is 1. The lowest BCUT2D eigenvalue weighted by molar-refractivity contribution is 0.0935. The van der Waals surface area contributed by atoms with E-state index in [1.165, 1.54) is 0 Å². The molecule has 1 atom stereocenters. The average Bonchev–Trinajstić information content (AvgIpc) is 2.91.